The van der Waals surface area contributed by atoms with E-state index in [0.29, 0.717) is 11.3 Å². The summed E-state index contributed by atoms with van der Waals surface area (Å²) < 4.78 is 21.0. The third-order valence-electron chi connectivity index (χ3n) is 6.97. The summed E-state index contributed by atoms with van der Waals surface area (Å²) in [4.78, 5) is 19.8. The first-order valence-corrected chi connectivity index (χ1v) is 13.0. The number of aromatic nitrogens is 3. The summed E-state index contributed by atoms with van der Waals surface area (Å²) in [5, 5.41) is 14.9. The maximum Gasteiger partial charge on any atom is 0.357 e. The highest BCUT2D eigenvalue weighted by Crippen LogP contribution is 2.36. The second-order valence-corrected chi connectivity index (χ2v) is 9.84. The number of carbonyl (C=O) groups is 1. The molecule has 1 aliphatic heterocycles. The summed E-state index contributed by atoms with van der Waals surface area (Å²) in [6.45, 7) is 7.78. The SMILES string of the molecule is CCOC(=O)c1cc(-c2ccc(N3CCC(C#N)CC3)cc2)c2c(C(C)C)nn(-c3cccc(F)c3)c2n1. The fourth-order valence-electron chi connectivity index (χ4n) is 4.99. The number of ether oxygens (including phenoxy) is 1. The first-order chi connectivity index (χ1) is 18.4. The predicted octanol–water partition coefficient (Wildman–Crippen LogP) is 6.27. The van der Waals surface area contributed by atoms with Crippen LogP contribution in [-0.4, -0.2) is 40.4 Å². The Balaban J connectivity index is 1.66. The third-order valence-corrected chi connectivity index (χ3v) is 6.97. The van der Waals surface area contributed by atoms with Crippen molar-refractivity contribution in [2.75, 3.05) is 24.6 Å². The lowest BCUT2D eigenvalue weighted by Crippen LogP contribution is -2.33. The summed E-state index contributed by atoms with van der Waals surface area (Å²) in [5.41, 5.74) is 4.81. The highest BCUT2D eigenvalue weighted by atomic mass is 19.1. The molecule has 5 rings (SSSR count). The molecule has 0 aliphatic carbocycles. The molecule has 194 valence electrons. The molecule has 0 saturated carbocycles. The van der Waals surface area contributed by atoms with Gasteiger partial charge in [-0.05, 0) is 73.2 Å². The molecule has 2 aromatic carbocycles. The highest BCUT2D eigenvalue weighted by Gasteiger charge is 2.24. The van der Waals surface area contributed by atoms with E-state index in [1.807, 2.05) is 12.1 Å². The van der Waals surface area contributed by atoms with Gasteiger partial charge in [-0.3, -0.25) is 0 Å². The zero-order valence-electron chi connectivity index (χ0n) is 21.8. The van der Waals surface area contributed by atoms with Gasteiger partial charge in [-0.25, -0.2) is 18.9 Å². The van der Waals surface area contributed by atoms with Gasteiger partial charge < -0.3 is 9.64 Å². The van der Waals surface area contributed by atoms with Crippen LogP contribution in [0, 0.1) is 23.1 Å². The molecular weight excluding hydrogens is 481 g/mol. The lowest BCUT2D eigenvalue weighted by molar-refractivity contribution is 0.0520. The second-order valence-electron chi connectivity index (χ2n) is 9.84. The Labute approximate surface area is 221 Å². The van der Waals surface area contributed by atoms with Gasteiger partial charge in [-0.1, -0.05) is 32.0 Å². The third kappa shape index (κ3) is 4.84. The molecule has 4 aromatic rings. The van der Waals surface area contributed by atoms with E-state index in [-0.39, 0.29) is 30.0 Å². The monoisotopic (exact) mass is 511 g/mol. The predicted molar refractivity (Wildman–Crippen MR) is 145 cm³/mol. The fraction of sp³-hybridized carbons (Fsp3) is 0.333. The van der Waals surface area contributed by atoms with E-state index < -0.39 is 5.97 Å². The summed E-state index contributed by atoms with van der Waals surface area (Å²) in [7, 11) is 0. The smallest absolute Gasteiger partial charge is 0.357 e. The van der Waals surface area contributed by atoms with Crippen molar-refractivity contribution in [2.24, 2.45) is 5.92 Å². The van der Waals surface area contributed by atoms with Crippen LogP contribution in [0.2, 0.25) is 0 Å². The van der Waals surface area contributed by atoms with Crippen LogP contribution in [0.1, 0.15) is 55.7 Å². The molecule has 8 heteroatoms. The maximum atomic E-state index is 14.1. The fourth-order valence-corrected chi connectivity index (χ4v) is 4.99. The van der Waals surface area contributed by atoms with Gasteiger partial charge >= 0.3 is 5.97 Å². The Kier molecular flexibility index (Phi) is 7.10. The first kappa shape index (κ1) is 25.4. The molecule has 2 aromatic heterocycles. The number of rotatable bonds is 6. The Hall–Kier alpha value is -4.25. The summed E-state index contributed by atoms with van der Waals surface area (Å²) in [5.74, 6) is -0.720. The van der Waals surface area contributed by atoms with Crippen LogP contribution < -0.4 is 4.90 Å². The van der Waals surface area contributed by atoms with Crippen LogP contribution in [0.5, 0.6) is 0 Å². The number of anilines is 1. The Morgan fingerprint density at radius 3 is 2.50 bits per heavy atom. The molecule has 0 bridgehead atoms. The van der Waals surface area contributed by atoms with Crippen molar-refractivity contribution in [1.82, 2.24) is 14.8 Å². The number of pyridine rings is 1. The van der Waals surface area contributed by atoms with Crippen molar-refractivity contribution in [3.05, 3.63) is 71.8 Å². The minimum Gasteiger partial charge on any atom is -0.461 e. The van der Waals surface area contributed by atoms with Crippen LogP contribution in [0.25, 0.3) is 27.8 Å². The molecule has 0 amide bonds. The normalized spacial score (nSPS) is 14.2. The zero-order valence-corrected chi connectivity index (χ0v) is 21.8. The number of carbonyl (C=O) groups excluding carboxylic acids is 1. The number of benzene rings is 2. The topological polar surface area (TPSA) is 84.0 Å². The van der Waals surface area contributed by atoms with E-state index in [0.717, 1.165) is 53.8 Å². The maximum absolute atomic E-state index is 14.1. The van der Waals surface area contributed by atoms with Crippen molar-refractivity contribution >= 4 is 22.7 Å². The number of piperidine rings is 1. The van der Waals surface area contributed by atoms with E-state index >= 15 is 0 Å². The summed E-state index contributed by atoms with van der Waals surface area (Å²) in [6.07, 6.45) is 1.73. The van der Waals surface area contributed by atoms with E-state index in [4.69, 9.17) is 9.84 Å². The number of halogens is 1. The van der Waals surface area contributed by atoms with Gasteiger partial charge in [0, 0.05) is 24.7 Å². The van der Waals surface area contributed by atoms with Crippen molar-refractivity contribution in [3.63, 3.8) is 0 Å². The number of hydrogen-bond acceptors (Lipinski definition) is 6. The second kappa shape index (κ2) is 10.6. The lowest BCUT2D eigenvalue weighted by Gasteiger charge is -2.31. The number of nitriles is 1. The molecular formula is C30H30FN5O2. The molecule has 7 nitrogen and oxygen atoms in total. The minimum absolute atomic E-state index is 0.0574. The molecule has 0 spiro atoms. The number of esters is 1. The molecule has 0 N–H and O–H groups in total. The molecule has 0 radical (unpaired) electrons. The van der Waals surface area contributed by atoms with E-state index in [2.05, 4.69) is 41.9 Å². The number of fused-ring (bicyclic) bond motifs is 1. The van der Waals surface area contributed by atoms with Crippen molar-refractivity contribution in [2.45, 2.75) is 39.5 Å². The lowest BCUT2D eigenvalue weighted by atomic mass is 9.96. The minimum atomic E-state index is -0.522. The van der Waals surface area contributed by atoms with Crippen molar-refractivity contribution in [3.8, 4) is 22.9 Å². The molecule has 0 unspecified atom stereocenters. The number of nitrogens with zero attached hydrogens (tertiary/aromatic N) is 5. The summed E-state index contributed by atoms with van der Waals surface area (Å²) >= 11 is 0. The van der Waals surface area contributed by atoms with Crippen LogP contribution in [0.15, 0.2) is 54.6 Å². The molecule has 1 fully saturated rings. The van der Waals surface area contributed by atoms with Gasteiger partial charge in [0.2, 0.25) is 0 Å². The Morgan fingerprint density at radius 1 is 1.13 bits per heavy atom. The van der Waals surface area contributed by atoms with Gasteiger partial charge in [0.1, 0.15) is 5.82 Å². The average Bonchev–Trinajstić information content (AvgIpc) is 3.33. The Bertz CT molecular complexity index is 1510. The Morgan fingerprint density at radius 2 is 1.87 bits per heavy atom. The largest absolute Gasteiger partial charge is 0.461 e. The van der Waals surface area contributed by atoms with Crippen LogP contribution in [0.3, 0.4) is 0 Å². The molecule has 38 heavy (non-hydrogen) atoms. The van der Waals surface area contributed by atoms with Crippen LogP contribution >= 0.6 is 0 Å². The van der Waals surface area contributed by atoms with Gasteiger partial charge in [0.15, 0.2) is 11.3 Å². The average molecular weight is 512 g/mol. The van der Waals surface area contributed by atoms with Crippen molar-refractivity contribution < 1.29 is 13.9 Å². The van der Waals surface area contributed by atoms with E-state index in [1.165, 1.54) is 12.1 Å². The highest BCUT2D eigenvalue weighted by molar-refractivity contribution is 6.00. The van der Waals surface area contributed by atoms with E-state index in [1.54, 1.807) is 29.8 Å². The molecule has 1 aliphatic rings. The van der Waals surface area contributed by atoms with Crippen LogP contribution in [0.4, 0.5) is 10.1 Å². The first-order valence-electron chi connectivity index (χ1n) is 13.0. The standard InChI is InChI=1S/C30H30FN5O2/c1-4-38-30(37)26-17-25(21-8-10-23(11-9-21)35-14-12-20(18-32)13-15-35)27-28(19(2)3)34-36(29(27)33-26)24-7-5-6-22(31)16-24/h5-11,16-17,19-20H,4,12-15H2,1-3H3. The van der Waals surface area contributed by atoms with Crippen LogP contribution in [-0.2, 0) is 4.74 Å². The molecule has 3 heterocycles. The van der Waals surface area contributed by atoms with Gasteiger partial charge in [-0.2, -0.15) is 10.4 Å². The van der Waals surface area contributed by atoms with E-state index in [9.17, 15) is 14.4 Å². The van der Waals surface area contributed by atoms with Gasteiger partial charge in [0.25, 0.3) is 0 Å². The van der Waals surface area contributed by atoms with Gasteiger partial charge in [0.05, 0.1) is 29.4 Å². The summed E-state index contributed by atoms with van der Waals surface area (Å²) in [6, 6.07) is 18.5. The number of hydrogen-bond donors (Lipinski definition) is 0. The quantitative estimate of drug-likeness (QED) is 0.284. The molecule has 0 atom stereocenters. The van der Waals surface area contributed by atoms with Crippen molar-refractivity contribution in [1.29, 1.82) is 5.26 Å². The van der Waals surface area contributed by atoms with Gasteiger partial charge in [-0.15, -0.1) is 0 Å². The zero-order chi connectivity index (χ0) is 26.8. The molecule has 1 saturated heterocycles.